The number of rotatable bonds is 7. The standard InChI is InChI=1S/C21H21N3O4/c1-14-9-10-20(21(22-14)24(26)27)28-13-19(25)18-11-15(2)23(16(18)3)12-17-7-5-4-6-8-17/h4-11H,12-13H2,1-3H3. The topological polar surface area (TPSA) is 87.3 Å². The number of hydrogen-bond donors (Lipinski definition) is 0. The summed E-state index contributed by atoms with van der Waals surface area (Å²) in [5.41, 5.74) is 4.01. The number of hydrogen-bond acceptors (Lipinski definition) is 5. The van der Waals surface area contributed by atoms with Gasteiger partial charge in [0.1, 0.15) is 5.69 Å². The van der Waals surface area contributed by atoms with Crippen LogP contribution in [0.4, 0.5) is 5.82 Å². The first-order valence-electron chi connectivity index (χ1n) is 8.85. The largest absolute Gasteiger partial charge is 0.477 e. The second-order valence-electron chi connectivity index (χ2n) is 6.60. The van der Waals surface area contributed by atoms with Crippen LogP contribution in [0, 0.1) is 30.9 Å². The van der Waals surface area contributed by atoms with Gasteiger partial charge in [-0.3, -0.25) is 4.79 Å². The molecule has 3 rings (SSSR count). The third kappa shape index (κ3) is 4.09. The lowest BCUT2D eigenvalue weighted by atomic mass is 10.1. The van der Waals surface area contributed by atoms with Crippen molar-refractivity contribution >= 4 is 11.6 Å². The van der Waals surface area contributed by atoms with E-state index in [0.29, 0.717) is 17.8 Å². The summed E-state index contributed by atoms with van der Waals surface area (Å²) in [7, 11) is 0. The van der Waals surface area contributed by atoms with Gasteiger partial charge in [0.2, 0.25) is 11.5 Å². The number of nitro groups is 1. The van der Waals surface area contributed by atoms with Gasteiger partial charge in [-0.2, -0.15) is 0 Å². The Kier molecular flexibility index (Phi) is 5.54. The molecule has 28 heavy (non-hydrogen) atoms. The Hall–Kier alpha value is -3.48. The molecule has 1 aromatic carbocycles. The van der Waals surface area contributed by atoms with E-state index in [1.807, 2.05) is 50.2 Å². The average molecular weight is 379 g/mol. The fourth-order valence-electron chi connectivity index (χ4n) is 3.09. The molecule has 0 bridgehead atoms. The van der Waals surface area contributed by atoms with Crippen molar-refractivity contribution in [2.45, 2.75) is 27.3 Å². The summed E-state index contributed by atoms with van der Waals surface area (Å²) < 4.78 is 7.50. The molecular formula is C21H21N3O4. The highest BCUT2D eigenvalue weighted by Crippen LogP contribution is 2.25. The van der Waals surface area contributed by atoms with E-state index < -0.39 is 4.92 Å². The van der Waals surface area contributed by atoms with Crippen LogP contribution in [0.5, 0.6) is 5.75 Å². The number of pyridine rings is 1. The van der Waals surface area contributed by atoms with E-state index in [9.17, 15) is 14.9 Å². The molecular weight excluding hydrogens is 358 g/mol. The lowest BCUT2D eigenvalue weighted by Gasteiger charge is -2.10. The third-order valence-electron chi connectivity index (χ3n) is 4.57. The number of aromatic nitrogens is 2. The van der Waals surface area contributed by atoms with Gasteiger partial charge in [0, 0.05) is 30.4 Å². The van der Waals surface area contributed by atoms with Gasteiger partial charge >= 0.3 is 5.82 Å². The van der Waals surface area contributed by atoms with Crippen LogP contribution < -0.4 is 4.74 Å². The second kappa shape index (κ2) is 8.04. The van der Waals surface area contributed by atoms with Gasteiger partial charge < -0.3 is 19.4 Å². The average Bonchev–Trinajstić information content (AvgIpc) is 2.96. The number of ketones is 1. The molecule has 144 valence electrons. The van der Waals surface area contributed by atoms with Gasteiger partial charge in [0.05, 0.1) is 0 Å². The number of benzene rings is 1. The summed E-state index contributed by atoms with van der Waals surface area (Å²) >= 11 is 0. The fraction of sp³-hybridized carbons (Fsp3) is 0.238. The minimum absolute atomic E-state index is 0.0120. The first-order chi connectivity index (χ1) is 13.4. The molecule has 0 fully saturated rings. The zero-order valence-corrected chi connectivity index (χ0v) is 16.0. The molecule has 0 radical (unpaired) electrons. The Balaban J connectivity index is 1.77. The van der Waals surface area contributed by atoms with E-state index in [2.05, 4.69) is 9.55 Å². The molecule has 3 aromatic rings. The van der Waals surface area contributed by atoms with Crippen LogP contribution in [0.15, 0.2) is 48.5 Å². The minimum Gasteiger partial charge on any atom is -0.477 e. The van der Waals surface area contributed by atoms with Gasteiger partial charge in [0.15, 0.2) is 6.61 Å². The third-order valence-corrected chi connectivity index (χ3v) is 4.57. The van der Waals surface area contributed by atoms with Crippen molar-refractivity contribution in [1.82, 2.24) is 9.55 Å². The maximum atomic E-state index is 12.7. The molecule has 2 aromatic heterocycles. The molecule has 0 unspecified atom stereocenters. The van der Waals surface area contributed by atoms with Gasteiger partial charge in [-0.1, -0.05) is 30.3 Å². The molecule has 0 atom stereocenters. The molecule has 0 aliphatic carbocycles. The van der Waals surface area contributed by atoms with E-state index in [1.165, 1.54) is 6.07 Å². The SMILES string of the molecule is Cc1ccc(OCC(=O)c2cc(C)n(Cc3ccccc3)c2C)c([N+](=O)[O-])n1. The lowest BCUT2D eigenvalue weighted by Crippen LogP contribution is -2.14. The van der Waals surface area contributed by atoms with Crippen molar-refractivity contribution in [2.75, 3.05) is 6.61 Å². The zero-order valence-electron chi connectivity index (χ0n) is 16.0. The molecule has 0 aliphatic heterocycles. The van der Waals surface area contributed by atoms with Crippen molar-refractivity contribution < 1.29 is 14.5 Å². The van der Waals surface area contributed by atoms with Crippen molar-refractivity contribution in [3.63, 3.8) is 0 Å². The summed E-state index contributed by atoms with van der Waals surface area (Å²) in [6.45, 7) is 5.87. The van der Waals surface area contributed by atoms with Gasteiger partial charge in [-0.25, -0.2) is 0 Å². The number of carbonyl (C=O) groups is 1. The summed E-state index contributed by atoms with van der Waals surface area (Å²) in [6, 6.07) is 14.9. The fourth-order valence-corrected chi connectivity index (χ4v) is 3.09. The van der Waals surface area contributed by atoms with Crippen LogP contribution >= 0.6 is 0 Å². The Labute approximate surface area is 162 Å². The highest BCUT2D eigenvalue weighted by molar-refractivity contribution is 5.98. The normalized spacial score (nSPS) is 10.7. The van der Waals surface area contributed by atoms with Crippen LogP contribution in [0.2, 0.25) is 0 Å². The molecule has 0 spiro atoms. The lowest BCUT2D eigenvalue weighted by molar-refractivity contribution is -0.390. The minimum atomic E-state index is -0.613. The van der Waals surface area contributed by atoms with E-state index >= 15 is 0 Å². The number of carbonyl (C=O) groups excluding carboxylic acids is 1. The van der Waals surface area contributed by atoms with E-state index in [4.69, 9.17) is 4.74 Å². The van der Waals surface area contributed by atoms with E-state index in [0.717, 1.165) is 17.0 Å². The quantitative estimate of drug-likeness (QED) is 0.351. The Morgan fingerprint density at radius 1 is 1.14 bits per heavy atom. The highest BCUT2D eigenvalue weighted by Gasteiger charge is 2.21. The smallest absolute Gasteiger partial charge is 0.406 e. The number of Topliss-reactive ketones (excluding diaryl/α,β-unsaturated/α-hetero) is 1. The van der Waals surface area contributed by atoms with Gasteiger partial charge in [-0.15, -0.1) is 0 Å². The molecule has 0 saturated heterocycles. The predicted molar refractivity (Wildman–Crippen MR) is 105 cm³/mol. The summed E-state index contributed by atoms with van der Waals surface area (Å²) in [5, 5.41) is 11.1. The summed E-state index contributed by atoms with van der Waals surface area (Å²) in [4.78, 5) is 27.1. The van der Waals surface area contributed by atoms with Crippen LogP contribution in [-0.2, 0) is 6.54 Å². The zero-order chi connectivity index (χ0) is 20.3. The second-order valence-corrected chi connectivity index (χ2v) is 6.60. The Bertz CT molecular complexity index is 1030. The number of nitrogens with zero attached hydrogens (tertiary/aromatic N) is 3. The van der Waals surface area contributed by atoms with Crippen LogP contribution in [0.25, 0.3) is 0 Å². The molecule has 7 nitrogen and oxygen atoms in total. The van der Waals surface area contributed by atoms with Gasteiger partial charge in [0.25, 0.3) is 0 Å². The highest BCUT2D eigenvalue weighted by atomic mass is 16.6. The van der Waals surface area contributed by atoms with Crippen LogP contribution in [0.1, 0.15) is 33.0 Å². The van der Waals surface area contributed by atoms with Crippen LogP contribution in [-0.4, -0.2) is 26.9 Å². The van der Waals surface area contributed by atoms with Gasteiger partial charge in [-0.05, 0) is 47.5 Å². The molecule has 0 N–H and O–H groups in total. The molecule has 0 saturated carbocycles. The Morgan fingerprint density at radius 3 is 2.54 bits per heavy atom. The summed E-state index contributed by atoms with van der Waals surface area (Å²) in [5.74, 6) is -0.633. The van der Waals surface area contributed by atoms with Crippen molar-refractivity contribution in [3.8, 4) is 5.75 Å². The van der Waals surface area contributed by atoms with Crippen LogP contribution in [0.3, 0.4) is 0 Å². The maximum Gasteiger partial charge on any atom is 0.406 e. The first-order valence-corrected chi connectivity index (χ1v) is 8.85. The number of aryl methyl sites for hydroxylation is 2. The van der Waals surface area contributed by atoms with E-state index in [1.54, 1.807) is 13.0 Å². The Morgan fingerprint density at radius 2 is 1.86 bits per heavy atom. The monoisotopic (exact) mass is 379 g/mol. The maximum absolute atomic E-state index is 12.7. The van der Waals surface area contributed by atoms with E-state index in [-0.39, 0.29) is 24.0 Å². The molecule has 2 heterocycles. The first kappa shape index (κ1) is 19.3. The number of ether oxygens (including phenoxy) is 1. The van der Waals surface area contributed by atoms with Crippen molar-refractivity contribution in [1.29, 1.82) is 0 Å². The molecule has 7 heteroatoms. The van der Waals surface area contributed by atoms with Crippen molar-refractivity contribution in [3.05, 3.63) is 86.9 Å². The van der Waals surface area contributed by atoms with Crippen molar-refractivity contribution in [2.24, 2.45) is 0 Å². The molecule has 0 amide bonds. The molecule has 0 aliphatic rings. The predicted octanol–water partition coefficient (Wildman–Crippen LogP) is 4.03. The summed E-state index contributed by atoms with van der Waals surface area (Å²) in [6.07, 6.45) is 0.